The Kier molecular flexibility index (Phi) is 19.0. The Hall–Kier alpha value is -4.41. The number of anilines is 3. The van der Waals surface area contributed by atoms with Crippen molar-refractivity contribution in [2.24, 2.45) is 0 Å². The minimum absolute atomic E-state index is 0.0221. The summed E-state index contributed by atoms with van der Waals surface area (Å²) in [6, 6.07) is 17.1. The van der Waals surface area contributed by atoms with Crippen LogP contribution >= 0.6 is 24.4 Å². The first kappa shape index (κ1) is 38.6. The lowest BCUT2D eigenvalue weighted by molar-refractivity contribution is -0.105. The van der Waals surface area contributed by atoms with Gasteiger partial charge in [-0.2, -0.15) is 0 Å². The van der Waals surface area contributed by atoms with Gasteiger partial charge in [-0.1, -0.05) is 88.5 Å². The molecule has 0 radical (unpaired) electrons. The lowest BCUT2D eigenvalue weighted by atomic mass is 10.2. The summed E-state index contributed by atoms with van der Waals surface area (Å²) in [6.45, 7) is 15.6. The molecule has 2 aromatic carbocycles. The molecule has 0 aliphatic carbocycles. The summed E-state index contributed by atoms with van der Waals surface area (Å²) in [5.41, 5.74) is 6.70. The van der Waals surface area contributed by atoms with Crippen LogP contribution in [0.15, 0.2) is 108 Å². The maximum atomic E-state index is 12.6. The van der Waals surface area contributed by atoms with E-state index < -0.39 is 0 Å². The number of amides is 3. The van der Waals surface area contributed by atoms with Gasteiger partial charge in [-0.05, 0) is 66.8 Å². The van der Waals surface area contributed by atoms with Crippen LogP contribution in [0.25, 0.3) is 5.70 Å². The molecule has 1 aliphatic rings. The van der Waals surface area contributed by atoms with Gasteiger partial charge >= 0.3 is 6.03 Å². The molecule has 0 fully saturated rings. The molecule has 0 saturated carbocycles. The van der Waals surface area contributed by atoms with Gasteiger partial charge in [0, 0.05) is 42.1 Å². The summed E-state index contributed by atoms with van der Waals surface area (Å²) in [7, 11) is 1.66. The number of para-hydroxylation sites is 1. The first-order valence-corrected chi connectivity index (χ1v) is 16.1. The Labute approximate surface area is 278 Å². The van der Waals surface area contributed by atoms with Gasteiger partial charge in [0.1, 0.15) is 5.50 Å². The monoisotopic (exact) mass is 646 g/mol. The normalized spacial score (nSPS) is 13.2. The molecule has 3 aromatic rings. The topological polar surface area (TPSA) is 98.4 Å². The van der Waals surface area contributed by atoms with Crippen molar-refractivity contribution in [1.29, 1.82) is 0 Å². The molecule has 1 unspecified atom stereocenters. The van der Waals surface area contributed by atoms with Crippen molar-refractivity contribution in [2.75, 3.05) is 23.0 Å². The van der Waals surface area contributed by atoms with Crippen molar-refractivity contribution in [3.63, 3.8) is 0 Å². The van der Waals surface area contributed by atoms with Crippen LogP contribution in [-0.2, 0) is 4.79 Å². The largest absolute Gasteiger partial charge is 0.356 e. The number of benzene rings is 2. The number of aromatic nitrogens is 1. The Balaban J connectivity index is 0.000000605. The molecule has 240 valence electrons. The number of rotatable bonds is 9. The van der Waals surface area contributed by atoms with E-state index in [1.807, 2.05) is 102 Å². The lowest BCUT2D eigenvalue weighted by Crippen LogP contribution is -2.30. The first-order chi connectivity index (χ1) is 21.8. The van der Waals surface area contributed by atoms with E-state index >= 15 is 0 Å². The molecule has 8 nitrogen and oxygen atoms in total. The smallest absolute Gasteiger partial charge is 0.326 e. The molecule has 4 N–H and O–H groups in total. The molecule has 45 heavy (non-hydrogen) atoms. The van der Waals surface area contributed by atoms with Crippen LogP contribution in [0.1, 0.15) is 44.4 Å². The zero-order valence-corrected chi connectivity index (χ0v) is 28.9. The summed E-state index contributed by atoms with van der Waals surface area (Å²) < 4.78 is 0. The number of carbonyl (C=O) groups is 2. The molecule has 1 atom stereocenters. The van der Waals surface area contributed by atoms with Gasteiger partial charge in [-0.15, -0.1) is 12.6 Å². The van der Waals surface area contributed by atoms with Crippen LogP contribution in [0.4, 0.5) is 21.9 Å². The fourth-order valence-corrected chi connectivity index (χ4v) is 4.57. The Morgan fingerprint density at radius 1 is 1.02 bits per heavy atom. The zero-order chi connectivity index (χ0) is 33.6. The van der Waals surface area contributed by atoms with Crippen LogP contribution in [0.2, 0.25) is 0 Å². The maximum Gasteiger partial charge on any atom is 0.326 e. The van der Waals surface area contributed by atoms with Crippen LogP contribution in [0.3, 0.4) is 0 Å². The molecule has 0 saturated heterocycles. The number of hydrogen-bond donors (Lipinski definition) is 5. The second-order valence-corrected chi connectivity index (χ2v) is 10.3. The predicted molar refractivity (Wildman–Crippen MR) is 198 cm³/mol. The van der Waals surface area contributed by atoms with Gasteiger partial charge < -0.3 is 21.3 Å². The fourth-order valence-electron chi connectivity index (χ4n) is 3.53. The minimum Gasteiger partial charge on any atom is -0.356 e. The van der Waals surface area contributed by atoms with Gasteiger partial charge in [0.2, 0.25) is 6.41 Å². The molecule has 10 heteroatoms. The highest BCUT2D eigenvalue weighted by Gasteiger charge is 2.19. The Morgan fingerprint density at radius 3 is 2.38 bits per heavy atom. The second-order valence-electron chi connectivity index (χ2n) is 8.82. The van der Waals surface area contributed by atoms with E-state index in [1.54, 1.807) is 49.3 Å². The summed E-state index contributed by atoms with van der Waals surface area (Å²) in [4.78, 5) is 28.2. The van der Waals surface area contributed by atoms with Gasteiger partial charge in [0.15, 0.2) is 0 Å². The maximum absolute atomic E-state index is 12.6. The van der Waals surface area contributed by atoms with E-state index in [0.29, 0.717) is 17.1 Å². The van der Waals surface area contributed by atoms with Crippen molar-refractivity contribution in [2.45, 2.75) is 47.0 Å². The second kappa shape index (κ2) is 22.2. The number of thioether (sulfide) groups is 1. The van der Waals surface area contributed by atoms with Gasteiger partial charge in [-0.25, -0.2) is 4.79 Å². The summed E-state index contributed by atoms with van der Waals surface area (Å²) in [5, 5.41) is 15.0. The minimum atomic E-state index is -0.281. The number of carbonyl (C=O) groups excluding carboxylic acids is 2. The van der Waals surface area contributed by atoms with E-state index in [-0.39, 0.29) is 11.5 Å². The fraction of sp³-hybridized carbons (Fsp3) is 0.229. The average Bonchev–Trinajstić information content (AvgIpc) is 3.55. The standard InChI is InChI=1S/C23H25N5OS2.C8H9NO.2C2H6/c1-4-5-6-9-21(30)28(3)23(29)25-18-11-10-16(2)19(13-18)26-22-27-20(15-31-22)17-8-7-12-24-14-17;1-7-4-2-3-5-8(7)9-6-10;2*1-2/h4-15,22,26-27,30H,1H2,2-3H3,(H,25,29);2-6H,1H3,(H,9,10);2*1-2H3/b6-5-,21-9-;;;. The van der Waals surface area contributed by atoms with Crippen molar-refractivity contribution in [3.05, 3.63) is 125 Å². The highest BCUT2D eigenvalue weighted by molar-refractivity contribution is 8.03. The number of thiol groups is 1. The van der Waals surface area contributed by atoms with E-state index in [1.165, 1.54) is 4.90 Å². The lowest BCUT2D eigenvalue weighted by Gasteiger charge is -2.20. The predicted octanol–water partition coefficient (Wildman–Crippen LogP) is 9.01. The Morgan fingerprint density at radius 2 is 1.73 bits per heavy atom. The van der Waals surface area contributed by atoms with E-state index in [0.717, 1.165) is 33.8 Å². The van der Waals surface area contributed by atoms with Crippen molar-refractivity contribution < 1.29 is 9.59 Å². The van der Waals surface area contributed by atoms with Crippen molar-refractivity contribution in [1.82, 2.24) is 15.2 Å². The number of nitrogens with zero attached hydrogens (tertiary/aromatic N) is 2. The van der Waals surface area contributed by atoms with Crippen molar-refractivity contribution in [3.8, 4) is 0 Å². The van der Waals surface area contributed by atoms with Gasteiger partial charge in [0.05, 0.1) is 10.7 Å². The zero-order valence-electron chi connectivity index (χ0n) is 27.2. The van der Waals surface area contributed by atoms with E-state index in [9.17, 15) is 9.59 Å². The van der Waals surface area contributed by atoms with E-state index in [4.69, 9.17) is 0 Å². The number of pyridine rings is 1. The van der Waals surface area contributed by atoms with Crippen LogP contribution in [-0.4, -0.2) is 34.9 Å². The molecule has 2 heterocycles. The van der Waals surface area contributed by atoms with Crippen molar-refractivity contribution >= 4 is 59.6 Å². The molecular weight excluding hydrogens is 601 g/mol. The van der Waals surface area contributed by atoms with Gasteiger partial charge in [-0.3, -0.25) is 14.7 Å². The SMILES string of the molecule is C=C/C=C\C=C(/S)N(C)C(=O)Nc1ccc(C)c(NC2NC(c3cccnc3)=CS2)c1.CC.CC.Cc1ccccc1NC=O. The molecule has 0 spiro atoms. The highest BCUT2D eigenvalue weighted by Crippen LogP contribution is 2.30. The van der Waals surface area contributed by atoms with E-state index in [2.05, 4.69) is 50.9 Å². The number of allylic oxidation sites excluding steroid dienone is 4. The van der Waals surface area contributed by atoms with Crippen LogP contribution in [0, 0.1) is 13.8 Å². The number of aryl methyl sites for hydroxylation is 2. The molecular formula is C35H46N6O2S2. The highest BCUT2D eigenvalue weighted by atomic mass is 32.2. The molecule has 1 aromatic heterocycles. The first-order valence-electron chi connectivity index (χ1n) is 14.7. The quantitative estimate of drug-likeness (QED) is 0.0904. The molecule has 4 rings (SSSR count). The van der Waals surface area contributed by atoms with Crippen LogP contribution in [0.5, 0.6) is 0 Å². The Bertz CT molecular complexity index is 1440. The molecule has 1 aliphatic heterocycles. The molecule has 3 amide bonds. The average molecular weight is 647 g/mol. The third kappa shape index (κ3) is 13.4. The van der Waals surface area contributed by atoms with Crippen LogP contribution < -0.4 is 21.3 Å². The summed E-state index contributed by atoms with van der Waals surface area (Å²) >= 11 is 6.01. The summed E-state index contributed by atoms with van der Waals surface area (Å²) in [6.07, 6.45) is 11.2. The number of hydrogen-bond acceptors (Lipinski definition) is 7. The molecule has 0 bridgehead atoms. The number of nitrogens with one attached hydrogen (secondary N) is 4. The van der Waals surface area contributed by atoms with Gasteiger partial charge in [0.25, 0.3) is 0 Å². The number of urea groups is 1. The summed E-state index contributed by atoms with van der Waals surface area (Å²) in [5.74, 6) is 0. The third-order valence-electron chi connectivity index (χ3n) is 5.86. The third-order valence-corrected chi connectivity index (χ3v) is 7.19.